The Morgan fingerprint density at radius 2 is 2.12 bits per heavy atom. The standard InChI is InChI=1S/C19H22N4OS/c1-4-9-23-10-7-15(8-11-23)17(24)20-19-22-21-18(25-19)16-6-5-13(2)12-14(16)3/h1,5-6,12,15H,7-11H2,2-3H3,(H,20,22,24). The maximum absolute atomic E-state index is 12.5. The quantitative estimate of drug-likeness (QED) is 0.857. The molecular weight excluding hydrogens is 332 g/mol. The number of piperidine rings is 1. The highest BCUT2D eigenvalue weighted by Crippen LogP contribution is 2.30. The normalized spacial score (nSPS) is 15.7. The van der Waals surface area contributed by atoms with Gasteiger partial charge in [0, 0.05) is 11.5 Å². The van der Waals surface area contributed by atoms with Crippen molar-refractivity contribution in [2.45, 2.75) is 26.7 Å². The minimum absolute atomic E-state index is 0.0162. The third-order valence-corrected chi connectivity index (χ3v) is 5.41. The van der Waals surface area contributed by atoms with Crippen molar-refractivity contribution < 1.29 is 4.79 Å². The van der Waals surface area contributed by atoms with Crippen LogP contribution in [0.15, 0.2) is 18.2 Å². The first-order valence-electron chi connectivity index (χ1n) is 8.44. The van der Waals surface area contributed by atoms with Gasteiger partial charge in [0.15, 0.2) is 0 Å². The van der Waals surface area contributed by atoms with Gasteiger partial charge in [-0.2, -0.15) is 0 Å². The highest BCUT2D eigenvalue weighted by molar-refractivity contribution is 7.18. The molecular formula is C19H22N4OS. The Morgan fingerprint density at radius 1 is 1.36 bits per heavy atom. The van der Waals surface area contributed by atoms with E-state index >= 15 is 0 Å². The van der Waals surface area contributed by atoms with E-state index in [2.05, 4.69) is 58.4 Å². The molecule has 1 N–H and O–H groups in total. The minimum atomic E-state index is 0.0162. The number of amides is 1. The fraction of sp³-hybridized carbons (Fsp3) is 0.421. The number of hydrogen-bond acceptors (Lipinski definition) is 5. The third-order valence-electron chi connectivity index (χ3n) is 4.54. The molecule has 2 aromatic rings. The molecule has 5 nitrogen and oxygen atoms in total. The predicted octanol–water partition coefficient (Wildman–Crippen LogP) is 3.11. The number of benzene rings is 1. The maximum Gasteiger partial charge on any atom is 0.229 e. The van der Waals surface area contributed by atoms with Crippen molar-refractivity contribution >= 4 is 22.4 Å². The summed E-state index contributed by atoms with van der Waals surface area (Å²) in [5, 5.41) is 12.7. The van der Waals surface area contributed by atoms with Gasteiger partial charge in [-0.15, -0.1) is 16.6 Å². The molecule has 0 bridgehead atoms. The molecule has 25 heavy (non-hydrogen) atoms. The second kappa shape index (κ2) is 7.77. The van der Waals surface area contributed by atoms with Crippen molar-refractivity contribution in [2.75, 3.05) is 25.0 Å². The summed E-state index contributed by atoms with van der Waals surface area (Å²) < 4.78 is 0. The molecule has 0 spiro atoms. The summed E-state index contributed by atoms with van der Waals surface area (Å²) in [6.45, 7) is 6.52. The average molecular weight is 354 g/mol. The fourth-order valence-electron chi connectivity index (χ4n) is 3.13. The van der Waals surface area contributed by atoms with Crippen molar-refractivity contribution in [2.24, 2.45) is 5.92 Å². The average Bonchev–Trinajstić information content (AvgIpc) is 3.04. The second-order valence-electron chi connectivity index (χ2n) is 6.47. The Kier molecular flexibility index (Phi) is 5.47. The van der Waals surface area contributed by atoms with Crippen molar-refractivity contribution in [3.05, 3.63) is 29.3 Å². The van der Waals surface area contributed by atoms with Gasteiger partial charge in [0.05, 0.1) is 6.54 Å². The molecule has 1 aliphatic rings. The van der Waals surface area contributed by atoms with Gasteiger partial charge in [-0.25, -0.2) is 0 Å². The van der Waals surface area contributed by atoms with E-state index in [1.54, 1.807) is 0 Å². The van der Waals surface area contributed by atoms with Crippen LogP contribution in [0.4, 0.5) is 5.13 Å². The van der Waals surface area contributed by atoms with E-state index in [-0.39, 0.29) is 11.8 Å². The van der Waals surface area contributed by atoms with E-state index < -0.39 is 0 Å². The molecule has 0 aliphatic carbocycles. The van der Waals surface area contributed by atoms with Gasteiger partial charge in [-0.3, -0.25) is 9.69 Å². The van der Waals surface area contributed by atoms with Gasteiger partial charge in [0.25, 0.3) is 0 Å². The number of terminal acetylenes is 1. The molecule has 3 rings (SSSR count). The van der Waals surface area contributed by atoms with Gasteiger partial charge in [0.2, 0.25) is 11.0 Å². The topological polar surface area (TPSA) is 58.1 Å². The van der Waals surface area contributed by atoms with Crippen LogP contribution in [0, 0.1) is 32.1 Å². The SMILES string of the molecule is C#CCN1CCC(C(=O)Nc2nnc(-c3ccc(C)cc3C)s2)CC1. The smallest absolute Gasteiger partial charge is 0.229 e. The number of nitrogens with zero attached hydrogens (tertiary/aromatic N) is 3. The molecule has 130 valence electrons. The zero-order valence-corrected chi connectivity index (χ0v) is 15.4. The Labute approximate surface area is 152 Å². The maximum atomic E-state index is 12.5. The van der Waals surface area contributed by atoms with Gasteiger partial charge in [-0.1, -0.05) is 41.0 Å². The summed E-state index contributed by atoms with van der Waals surface area (Å²) in [5.41, 5.74) is 3.44. The van der Waals surface area contributed by atoms with Crippen LogP contribution in [0.3, 0.4) is 0 Å². The Hall–Kier alpha value is -2.23. The van der Waals surface area contributed by atoms with E-state index in [4.69, 9.17) is 6.42 Å². The van der Waals surface area contributed by atoms with Crippen LogP contribution in [0.1, 0.15) is 24.0 Å². The van der Waals surface area contributed by atoms with E-state index in [1.807, 2.05) is 0 Å². The van der Waals surface area contributed by atoms with Crippen molar-refractivity contribution in [1.82, 2.24) is 15.1 Å². The van der Waals surface area contributed by atoms with Crippen LogP contribution in [0.25, 0.3) is 10.6 Å². The first kappa shape index (κ1) is 17.6. The molecule has 1 aliphatic heterocycles. The summed E-state index contributed by atoms with van der Waals surface area (Å²) in [6.07, 6.45) is 7.00. The first-order chi connectivity index (χ1) is 12.1. The van der Waals surface area contributed by atoms with Crippen molar-refractivity contribution in [1.29, 1.82) is 0 Å². The zero-order valence-electron chi connectivity index (χ0n) is 14.6. The number of rotatable bonds is 4. The lowest BCUT2D eigenvalue weighted by molar-refractivity contribution is -0.121. The Morgan fingerprint density at radius 3 is 2.80 bits per heavy atom. The van der Waals surface area contributed by atoms with E-state index in [1.165, 1.54) is 16.9 Å². The number of aromatic nitrogens is 2. The molecule has 0 saturated carbocycles. The third kappa shape index (κ3) is 4.25. The van der Waals surface area contributed by atoms with Crippen molar-refractivity contribution in [3.8, 4) is 22.9 Å². The summed E-state index contributed by atoms with van der Waals surface area (Å²) in [4.78, 5) is 14.7. The lowest BCUT2D eigenvalue weighted by atomic mass is 9.96. The highest BCUT2D eigenvalue weighted by Gasteiger charge is 2.25. The summed E-state index contributed by atoms with van der Waals surface area (Å²) in [5.74, 6) is 2.70. The molecule has 0 unspecified atom stereocenters. The van der Waals surface area contributed by atoms with Crippen LogP contribution in [-0.2, 0) is 4.79 Å². The van der Waals surface area contributed by atoms with E-state index in [0.717, 1.165) is 42.1 Å². The molecule has 1 aromatic carbocycles. The Bertz CT molecular complexity index is 800. The van der Waals surface area contributed by atoms with Crippen LogP contribution in [0.2, 0.25) is 0 Å². The van der Waals surface area contributed by atoms with Gasteiger partial charge in [-0.05, 0) is 45.3 Å². The summed E-state index contributed by atoms with van der Waals surface area (Å²) in [7, 11) is 0. The number of likely N-dealkylation sites (tertiary alicyclic amines) is 1. The lowest BCUT2D eigenvalue weighted by Crippen LogP contribution is -2.38. The van der Waals surface area contributed by atoms with Crippen LogP contribution in [0.5, 0.6) is 0 Å². The number of hydrogen-bond donors (Lipinski definition) is 1. The van der Waals surface area contributed by atoms with E-state index in [9.17, 15) is 4.79 Å². The molecule has 1 fully saturated rings. The summed E-state index contributed by atoms with van der Waals surface area (Å²) in [6, 6.07) is 6.24. The second-order valence-corrected chi connectivity index (χ2v) is 7.45. The fourth-order valence-corrected chi connectivity index (χ4v) is 3.96. The number of carbonyl (C=O) groups excluding carboxylic acids is 1. The van der Waals surface area contributed by atoms with E-state index in [0.29, 0.717) is 11.7 Å². The lowest BCUT2D eigenvalue weighted by Gasteiger charge is -2.29. The largest absolute Gasteiger partial charge is 0.300 e. The van der Waals surface area contributed by atoms with Crippen LogP contribution in [-0.4, -0.2) is 40.6 Å². The van der Waals surface area contributed by atoms with Crippen molar-refractivity contribution in [3.63, 3.8) is 0 Å². The number of aryl methyl sites for hydroxylation is 2. The molecule has 1 amide bonds. The van der Waals surface area contributed by atoms with Gasteiger partial charge < -0.3 is 5.32 Å². The molecule has 0 atom stereocenters. The molecule has 6 heteroatoms. The predicted molar refractivity (Wildman–Crippen MR) is 101 cm³/mol. The van der Waals surface area contributed by atoms with Crippen LogP contribution >= 0.6 is 11.3 Å². The minimum Gasteiger partial charge on any atom is -0.300 e. The zero-order chi connectivity index (χ0) is 17.8. The summed E-state index contributed by atoms with van der Waals surface area (Å²) >= 11 is 1.42. The van der Waals surface area contributed by atoms with Gasteiger partial charge in [0.1, 0.15) is 5.01 Å². The number of nitrogens with one attached hydrogen (secondary N) is 1. The molecule has 2 heterocycles. The Balaban J connectivity index is 1.62. The molecule has 1 aromatic heterocycles. The highest BCUT2D eigenvalue weighted by atomic mass is 32.1. The van der Waals surface area contributed by atoms with Crippen LogP contribution < -0.4 is 5.32 Å². The monoisotopic (exact) mass is 354 g/mol. The number of anilines is 1. The van der Waals surface area contributed by atoms with Gasteiger partial charge >= 0.3 is 0 Å². The molecule has 0 radical (unpaired) electrons. The molecule has 1 saturated heterocycles. The first-order valence-corrected chi connectivity index (χ1v) is 9.26. The number of carbonyl (C=O) groups is 1.